The number of alkyl halides is 1. The lowest BCUT2D eigenvalue weighted by molar-refractivity contribution is 0.0956. The summed E-state index contributed by atoms with van der Waals surface area (Å²) in [5.41, 5.74) is 0.428. The van der Waals surface area contributed by atoms with Gasteiger partial charge in [0, 0.05) is 17.6 Å². The molecule has 14 heavy (non-hydrogen) atoms. The normalized spacial score (nSPS) is 10.1. The van der Waals surface area contributed by atoms with Gasteiger partial charge >= 0.3 is 0 Å². The Morgan fingerprint density at radius 2 is 2.21 bits per heavy atom. The highest BCUT2D eigenvalue weighted by Gasteiger charge is 2.10. The van der Waals surface area contributed by atoms with Gasteiger partial charge in [-0.05, 0) is 6.07 Å². The second-order valence-electron chi connectivity index (χ2n) is 2.60. The second kappa shape index (κ2) is 5.78. The van der Waals surface area contributed by atoms with Crippen molar-refractivity contribution in [3.63, 3.8) is 0 Å². The molecule has 76 valence electrons. The number of benzene rings is 1. The Kier molecular flexibility index (Phi) is 4.62. The molecular formula is C10H11FO2S. The fraction of sp³-hybridized carbons (Fsp3) is 0.300. The van der Waals surface area contributed by atoms with Gasteiger partial charge in [-0.2, -0.15) is 0 Å². The summed E-state index contributed by atoms with van der Waals surface area (Å²) >= 11 is 1.38. The van der Waals surface area contributed by atoms with Crippen molar-refractivity contribution in [2.24, 2.45) is 0 Å². The molecule has 0 fully saturated rings. The van der Waals surface area contributed by atoms with E-state index >= 15 is 0 Å². The molecule has 0 spiro atoms. The van der Waals surface area contributed by atoms with Gasteiger partial charge in [0.1, 0.15) is 0 Å². The zero-order chi connectivity index (χ0) is 10.4. The number of hydrogen-bond acceptors (Lipinski definition) is 3. The quantitative estimate of drug-likeness (QED) is 0.428. The van der Waals surface area contributed by atoms with E-state index in [-0.39, 0.29) is 0 Å². The summed E-state index contributed by atoms with van der Waals surface area (Å²) in [5, 5.41) is 0. The van der Waals surface area contributed by atoms with Gasteiger partial charge < -0.3 is 4.74 Å². The summed E-state index contributed by atoms with van der Waals surface area (Å²) in [7, 11) is 1.58. The van der Waals surface area contributed by atoms with E-state index in [2.05, 4.69) is 0 Å². The van der Waals surface area contributed by atoms with Crippen LogP contribution < -0.4 is 0 Å². The lowest BCUT2D eigenvalue weighted by atomic mass is 10.1. The van der Waals surface area contributed by atoms with Crippen molar-refractivity contribution in [3.05, 3.63) is 29.8 Å². The Bertz CT molecular complexity index is 315. The molecule has 1 aromatic carbocycles. The van der Waals surface area contributed by atoms with Crippen LogP contribution in [0.4, 0.5) is 4.39 Å². The van der Waals surface area contributed by atoms with Crippen LogP contribution in [-0.2, 0) is 4.74 Å². The van der Waals surface area contributed by atoms with Gasteiger partial charge in [0.05, 0.1) is 5.94 Å². The minimum atomic E-state index is -0.954. The first kappa shape index (κ1) is 11.2. The highest BCUT2D eigenvalue weighted by atomic mass is 32.2. The maximum atomic E-state index is 12.2. The molecular weight excluding hydrogens is 203 g/mol. The second-order valence-corrected chi connectivity index (χ2v) is 3.57. The first-order valence-electron chi connectivity index (χ1n) is 4.09. The van der Waals surface area contributed by atoms with E-state index in [1.807, 2.05) is 6.07 Å². The van der Waals surface area contributed by atoms with E-state index in [1.54, 1.807) is 25.3 Å². The van der Waals surface area contributed by atoms with Crippen LogP contribution in [0.1, 0.15) is 10.4 Å². The molecule has 0 saturated carbocycles. The molecule has 0 aliphatic heterocycles. The Morgan fingerprint density at radius 3 is 2.86 bits per heavy atom. The van der Waals surface area contributed by atoms with Crippen molar-refractivity contribution in [2.75, 3.05) is 19.7 Å². The van der Waals surface area contributed by atoms with Gasteiger partial charge in [-0.25, -0.2) is 4.39 Å². The SMILES string of the molecule is COCSc1ccccc1C(=O)CF. The topological polar surface area (TPSA) is 26.3 Å². The van der Waals surface area contributed by atoms with Crippen molar-refractivity contribution in [2.45, 2.75) is 4.90 Å². The minimum absolute atomic E-state index is 0.428. The van der Waals surface area contributed by atoms with Crippen LogP contribution >= 0.6 is 11.8 Å². The molecule has 2 nitrogen and oxygen atoms in total. The first-order chi connectivity index (χ1) is 6.79. The van der Waals surface area contributed by atoms with E-state index < -0.39 is 12.5 Å². The average Bonchev–Trinajstić information content (AvgIpc) is 2.25. The zero-order valence-electron chi connectivity index (χ0n) is 7.83. The predicted octanol–water partition coefficient (Wildman–Crippen LogP) is 2.53. The molecule has 0 heterocycles. The molecule has 0 atom stereocenters. The fourth-order valence-corrected chi connectivity index (χ4v) is 1.77. The van der Waals surface area contributed by atoms with Crippen LogP contribution in [0, 0.1) is 0 Å². The molecule has 0 N–H and O–H groups in total. The molecule has 0 bridgehead atoms. The molecule has 0 aliphatic carbocycles. The summed E-state index contributed by atoms with van der Waals surface area (Å²) < 4.78 is 17.1. The van der Waals surface area contributed by atoms with Gasteiger partial charge in [0.25, 0.3) is 0 Å². The maximum absolute atomic E-state index is 12.2. The molecule has 0 amide bonds. The van der Waals surface area contributed by atoms with E-state index in [4.69, 9.17) is 4.74 Å². The molecule has 0 aromatic heterocycles. The summed E-state index contributed by atoms with van der Waals surface area (Å²) in [4.78, 5) is 11.9. The van der Waals surface area contributed by atoms with Gasteiger partial charge in [0.2, 0.25) is 0 Å². The van der Waals surface area contributed by atoms with Crippen molar-refractivity contribution < 1.29 is 13.9 Å². The van der Waals surface area contributed by atoms with Crippen LogP contribution in [0.15, 0.2) is 29.2 Å². The molecule has 0 unspecified atom stereocenters. The predicted molar refractivity (Wildman–Crippen MR) is 54.5 cm³/mol. The van der Waals surface area contributed by atoms with Gasteiger partial charge in [-0.1, -0.05) is 30.0 Å². The number of rotatable bonds is 5. The van der Waals surface area contributed by atoms with Crippen LogP contribution in [0.5, 0.6) is 0 Å². The monoisotopic (exact) mass is 214 g/mol. The number of carbonyl (C=O) groups excluding carboxylic acids is 1. The molecule has 1 rings (SSSR count). The Hall–Kier alpha value is -0.870. The van der Waals surface area contributed by atoms with Gasteiger partial charge in [0.15, 0.2) is 12.5 Å². The number of ether oxygens (including phenoxy) is 1. The van der Waals surface area contributed by atoms with Crippen LogP contribution in [0.25, 0.3) is 0 Å². The number of thioether (sulfide) groups is 1. The van der Waals surface area contributed by atoms with Crippen molar-refractivity contribution in [3.8, 4) is 0 Å². The molecule has 0 saturated heterocycles. The summed E-state index contributed by atoms with van der Waals surface area (Å²) in [6.07, 6.45) is 0. The van der Waals surface area contributed by atoms with Gasteiger partial charge in [-0.15, -0.1) is 0 Å². The fourth-order valence-electron chi connectivity index (χ4n) is 1.02. The van der Waals surface area contributed by atoms with Crippen LogP contribution in [-0.4, -0.2) is 25.5 Å². The number of methoxy groups -OCH3 is 1. The first-order valence-corrected chi connectivity index (χ1v) is 5.08. The maximum Gasteiger partial charge on any atom is 0.194 e. The van der Waals surface area contributed by atoms with E-state index in [1.165, 1.54) is 11.8 Å². The molecule has 0 aliphatic rings. The summed E-state index contributed by atoms with van der Waals surface area (Å²) in [6, 6.07) is 6.94. The lowest BCUT2D eigenvalue weighted by Crippen LogP contribution is -2.02. The van der Waals surface area contributed by atoms with E-state index in [9.17, 15) is 9.18 Å². The summed E-state index contributed by atoms with van der Waals surface area (Å²) in [5.74, 6) is -0.0273. The van der Waals surface area contributed by atoms with Gasteiger partial charge in [-0.3, -0.25) is 4.79 Å². The average molecular weight is 214 g/mol. The highest BCUT2D eigenvalue weighted by molar-refractivity contribution is 7.99. The Balaban J connectivity index is 2.85. The number of halogens is 1. The van der Waals surface area contributed by atoms with Crippen LogP contribution in [0.3, 0.4) is 0 Å². The highest BCUT2D eigenvalue weighted by Crippen LogP contribution is 2.22. The number of hydrogen-bond donors (Lipinski definition) is 0. The minimum Gasteiger partial charge on any atom is -0.374 e. The number of ketones is 1. The van der Waals surface area contributed by atoms with Crippen LogP contribution in [0.2, 0.25) is 0 Å². The standard InChI is InChI=1S/C10H11FO2S/c1-13-7-14-10-5-3-2-4-8(10)9(12)6-11/h2-5H,6-7H2,1H3. The van der Waals surface area contributed by atoms with Crippen molar-refractivity contribution in [1.82, 2.24) is 0 Å². The zero-order valence-corrected chi connectivity index (χ0v) is 8.64. The third-order valence-corrected chi connectivity index (χ3v) is 2.66. The van der Waals surface area contributed by atoms with Crippen molar-refractivity contribution >= 4 is 17.5 Å². The largest absolute Gasteiger partial charge is 0.374 e. The number of carbonyl (C=O) groups is 1. The molecule has 4 heteroatoms. The lowest BCUT2D eigenvalue weighted by Gasteiger charge is -2.05. The summed E-state index contributed by atoms with van der Waals surface area (Å²) in [6.45, 7) is -0.954. The number of Topliss-reactive ketones (excluding diaryl/α,β-unsaturated/α-hetero) is 1. The molecule has 0 radical (unpaired) electrons. The Labute approximate surface area is 86.5 Å². The molecule has 1 aromatic rings. The smallest absolute Gasteiger partial charge is 0.194 e. The van der Waals surface area contributed by atoms with Crippen molar-refractivity contribution in [1.29, 1.82) is 0 Å². The van der Waals surface area contributed by atoms with E-state index in [0.717, 1.165) is 4.90 Å². The Morgan fingerprint density at radius 1 is 1.50 bits per heavy atom. The third kappa shape index (κ3) is 2.82. The van der Waals surface area contributed by atoms with E-state index in [0.29, 0.717) is 11.5 Å². The third-order valence-electron chi connectivity index (χ3n) is 1.64.